The Morgan fingerprint density at radius 2 is 1.50 bits per heavy atom. The molecule has 5 nitrogen and oxygen atoms in total. The van der Waals surface area contributed by atoms with Crippen molar-refractivity contribution < 1.29 is 41.0 Å². The highest BCUT2D eigenvalue weighted by molar-refractivity contribution is 6.75. The molecule has 1 rings (SSSR count). The first kappa shape index (κ1) is 22.0. The molecule has 0 aliphatic rings. The second-order valence-corrected chi connectivity index (χ2v) is 12.1. The highest BCUT2D eigenvalue weighted by atomic mass is 28.3. The summed E-state index contributed by atoms with van der Waals surface area (Å²) >= 11 is 0. The first-order valence-electron chi connectivity index (χ1n) is 7.33. The predicted molar refractivity (Wildman–Crippen MR) is 83.9 cm³/mol. The zero-order valence-corrected chi connectivity index (χ0v) is 15.8. The number of carbonyl (C=O) groups is 2. The van der Waals surface area contributed by atoms with Crippen molar-refractivity contribution in [3.63, 3.8) is 0 Å². The molecule has 0 saturated heterocycles. The van der Waals surface area contributed by atoms with E-state index in [1.165, 1.54) is 0 Å². The highest BCUT2D eigenvalue weighted by Gasteiger charge is 2.43. The lowest BCUT2D eigenvalue weighted by atomic mass is 9.98. The summed E-state index contributed by atoms with van der Waals surface area (Å²) in [7, 11) is -0.532. The van der Waals surface area contributed by atoms with Crippen molar-refractivity contribution >= 4 is 20.0 Å². The van der Waals surface area contributed by atoms with Gasteiger partial charge in [0, 0.05) is 8.07 Å². The fourth-order valence-electron chi connectivity index (χ4n) is 2.38. The Balaban J connectivity index is 4.11. The maximum atomic E-state index is 13.4. The van der Waals surface area contributed by atoms with Gasteiger partial charge in [0.2, 0.25) is 0 Å². The Morgan fingerprint density at radius 3 is 1.85 bits per heavy atom. The van der Waals surface area contributed by atoms with Crippen LogP contribution in [0.15, 0.2) is 0 Å². The molecule has 0 unspecified atom stereocenters. The molecule has 1 aromatic rings. The maximum absolute atomic E-state index is 13.4. The summed E-state index contributed by atoms with van der Waals surface area (Å²) in [4.78, 5) is 27.0. The molecule has 0 aromatic carbocycles. The summed E-state index contributed by atoms with van der Waals surface area (Å²) in [6.45, 7) is 5.22. The SMILES string of the molecule is COC(=O)c1c(C(F)F)nc(C(F)(F)F)c(C(=O)OC)c1C[Si](C)(C)C. The van der Waals surface area contributed by atoms with Gasteiger partial charge in [0.1, 0.15) is 5.69 Å². The molecule has 0 fully saturated rings. The van der Waals surface area contributed by atoms with Gasteiger partial charge < -0.3 is 9.47 Å². The van der Waals surface area contributed by atoms with Gasteiger partial charge in [-0.3, -0.25) is 0 Å². The molecule has 0 radical (unpaired) electrons. The summed E-state index contributed by atoms with van der Waals surface area (Å²) in [6, 6.07) is -0.160. The van der Waals surface area contributed by atoms with Gasteiger partial charge in [0.05, 0.1) is 25.3 Å². The number of methoxy groups -OCH3 is 2. The van der Waals surface area contributed by atoms with E-state index in [2.05, 4.69) is 14.5 Å². The van der Waals surface area contributed by atoms with Gasteiger partial charge in [-0.25, -0.2) is 23.4 Å². The summed E-state index contributed by atoms with van der Waals surface area (Å²) in [5.41, 5.74) is -5.50. The van der Waals surface area contributed by atoms with Crippen molar-refractivity contribution in [1.29, 1.82) is 0 Å². The number of rotatable bonds is 5. The molecule has 26 heavy (non-hydrogen) atoms. The predicted octanol–water partition coefficient (Wildman–Crippen LogP) is 4.03. The van der Waals surface area contributed by atoms with E-state index < -0.39 is 60.7 Å². The Hall–Kier alpha value is -2.04. The number of carbonyl (C=O) groups excluding carboxylic acids is 2. The van der Waals surface area contributed by atoms with E-state index >= 15 is 0 Å². The van der Waals surface area contributed by atoms with E-state index in [4.69, 9.17) is 0 Å². The lowest BCUT2D eigenvalue weighted by Crippen LogP contribution is -2.31. The minimum atomic E-state index is -5.20. The number of ether oxygens (including phenoxy) is 2. The second kappa shape index (κ2) is 7.68. The quantitative estimate of drug-likeness (QED) is 0.425. The molecule has 1 heterocycles. The minimum absolute atomic E-state index is 0.160. The first-order valence-corrected chi connectivity index (χ1v) is 11.0. The molecule has 11 heteroatoms. The van der Waals surface area contributed by atoms with Crippen LogP contribution in [-0.2, 0) is 21.7 Å². The van der Waals surface area contributed by atoms with E-state index in [9.17, 15) is 31.5 Å². The van der Waals surface area contributed by atoms with E-state index in [1.54, 1.807) is 19.6 Å². The molecule has 0 aliphatic heterocycles. The number of hydrogen-bond donors (Lipinski definition) is 0. The molecular weight excluding hydrogens is 381 g/mol. The Kier molecular flexibility index (Phi) is 6.50. The minimum Gasteiger partial charge on any atom is -0.465 e. The molecule has 0 spiro atoms. The van der Waals surface area contributed by atoms with E-state index in [1.807, 2.05) is 0 Å². The normalized spacial score (nSPS) is 12.3. The topological polar surface area (TPSA) is 65.5 Å². The fourth-order valence-corrected chi connectivity index (χ4v) is 3.79. The van der Waals surface area contributed by atoms with Crippen molar-refractivity contribution in [2.75, 3.05) is 14.2 Å². The Morgan fingerprint density at radius 1 is 1.04 bits per heavy atom. The number of pyridine rings is 1. The third-order valence-electron chi connectivity index (χ3n) is 3.29. The van der Waals surface area contributed by atoms with Gasteiger partial charge in [-0.2, -0.15) is 13.2 Å². The highest BCUT2D eigenvalue weighted by Crippen LogP contribution is 2.38. The number of halogens is 5. The largest absolute Gasteiger partial charge is 0.465 e. The summed E-state index contributed by atoms with van der Waals surface area (Å²) < 4.78 is 75.8. The lowest BCUT2D eigenvalue weighted by molar-refractivity contribution is -0.142. The smallest absolute Gasteiger partial charge is 0.434 e. The number of hydrogen-bond acceptors (Lipinski definition) is 5. The number of esters is 2. The molecular formula is C15H18F5NO4Si. The Labute approximate surface area is 147 Å². The lowest BCUT2D eigenvalue weighted by Gasteiger charge is -2.24. The van der Waals surface area contributed by atoms with Crippen LogP contribution in [0.3, 0.4) is 0 Å². The maximum Gasteiger partial charge on any atom is 0.434 e. The standard InChI is InChI=1S/C15H18F5NO4Si/c1-24-13(22)8-7(6-26(3,4)5)9(14(23)25-2)11(15(18,19)20)21-10(8)12(16)17/h12H,6H2,1-5H3. The van der Waals surface area contributed by atoms with Crippen molar-refractivity contribution in [3.05, 3.63) is 28.1 Å². The molecule has 0 N–H and O–H groups in total. The van der Waals surface area contributed by atoms with Crippen LogP contribution in [0.1, 0.15) is 44.1 Å². The van der Waals surface area contributed by atoms with Crippen molar-refractivity contribution in [3.8, 4) is 0 Å². The molecule has 0 aliphatic carbocycles. The van der Waals surface area contributed by atoms with Crippen LogP contribution >= 0.6 is 0 Å². The van der Waals surface area contributed by atoms with Gasteiger partial charge in [0.15, 0.2) is 5.69 Å². The number of nitrogens with zero attached hydrogens (tertiary/aromatic N) is 1. The van der Waals surface area contributed by atoms with Gasteiger partial charge in [-0.1, -0.05) is 19.6 Å². The zero-order valence-electron chi connectivity index (χ0n) is 14.8. The molecule has 0 saturated carbocycles. The Bertz CT molecular complexity index is 713. The fraction of sp³-hybridized carbons (Fsp3) is 0.533. The summed E-state index contributed by atoms with van der Waals surface area (Å²) in [5.74, 6) is -2.70. The molecule has 1 aromatic heterocycles. The van der Waals surface area contributed by atoms with Crippen LogP contribution in [-0.4, -0.2) is 39.2 Å². The van der Waals surface area contributed by atoms with Crippen LogP contribution in [0.25, 0.3) is 0 Å². The molecule has 0 bridgehead atoms. The van der Waals surface area contributed by atoms with Crippen LogP contribution in [0.2, 0.25) is 19.6 Å². The average Bonchev–Trinajstić information content (AvgIpc) is 2.49. The van der Waals surface area contributed by atoms with Gasteiger partial charge >= 0.3 is 18.1 Å². The van der Waals surface area contributed by atoms with E-state index in [0.29, 0.717) is 0 Å². The van der Waals surface area contributed by atoms with Crippen LogP contribution in [0.4, 0.5) is 22.0 Å². The van der Waals surface area contributed by atoms with Crippen molar-refractivity contribution in [1.82, 2.24) is 4.98 Å². The summed E-state index contributed by atoms with van der Waals surface area (Å²) in [6.07, 6.45) is -8.67. The third-order valence-corrected chi connectivity index (χ3v) is 4.70. The monoisotopic (exact) mass is 399 g/mol. The van der Waals surface area contributed by atoms with Gasteiger partial charge in [-0.15, -0.1) is 0 Å². The van der Waals surface area contributed by atoms with Crippen LogP contribution in [0, 0.1) is 0 Å². The van der Waals surface area contributed by atoms with Gasteiger partial charge in [-0.05, 0) is 11.6 Å². The average molecular weight is 399 g/mol. The second-order valence-electron chi connectivity index (χ2n) is 6.59. The van der Waals surface area contributed by atoms with Crippen molar-refractivity contribution in [2.24, 2.45) is 0 Å². The van der Waals surface area contributed by atoms with Crippen molar-refractivity contribution in [2.45, 2.75) is 38.3 Å². The third kappa shape index (κ3) is 4.77. The van der Waals surface area contributed by atoms with Gasteiger partial charge in [0.25, 0.3) is 6.43 Å². The number of alkyl halides is 5. The van der Waals surface area contributed by atoms with E-state index in [-0.39, 0.29) is 6.04 Å². The number of aromatic nitrogens is 1. The first-order chi connectivity index (χ1) is 11.7. The molecule has 0 amide bonds. The zero-order chi connectivity index (χ0) is 20.4. The van der Waals surface area contributed by atoms with E-state index in [0.717, 1.165) is 14.2 Å². The summed E-state index contributed by atoms with van der Waals surface area (Å²) in [5, 5.41) is 0. The molecule has 146 valence electrons. The molecule has 0 atom stereocenters. The van der Waals surface area contributed by atoms with Crippen LogP contribution < -0.4 is 0 Å². The van der Waals surface area contributed by atoms with Crippen LogP contribution in [0.5, 0.6) is 0 Å².